The molecule has 0 aliphatic carbocycles. The Hall–Kier alpha value is -2.55. The minimum atomic E-state index is -4.79. The smallest absolute Gasteiger partial charge is 0.335 e. The maximum absolute atomic E-state index is 13.9. The Balaban J connectivity index is 0.00000267. The molecule has 1 aromatic heterocycles. The van der Waals surface area contributed by atoms with Gasteiger partial charge in [-0.25, -0.2) is 18.2 Å². The molecule has 4 rings (SSSR count). The first-order chi connectivity index (χ1) is 17.3. The quantitative estimate of drug-likeness (QED) is 0.419. The number of piperazine rings is 1. The summed E-state index contributed by atoms with van der Waals surface area (Å²) in [7, 11) is 1.87. The molecule has 1 aromatic carbocycles. The van der Waals surface area contributed by atoms with Gasteiger partial charge in [-0.2, -0.15) is 13.2 Å². The normalized spacial score (nSPS) is 16.7. The van der Waals surface area contributed by atoms with Crippen molar-refractivity contribution in [2.24, 2.45) is 5.73 Å². The van der Waals surface area contributed by atoms with Gasteiger partial charge in [0.1, 0.15) is 5.82 Å². The average molecular weight is 605 g/mol. The van der Waals surface area contributed by atoms with E-state index in [2.05, 4.69) is 4.98 Å². The third-order valence-corrected chi connectivity index (χ3v) is 6.61. The molecule has 1 saturated heterocycles. The number of carbonyl (C=O) groups excluding carboxylic acids is 2. The fourth-order valence-electron chi connectivity index (χ4n) is 4.56. The van der Waals surface area contributed by atoms with Crippen LogP contribution in [-0.2, 0) is 30.5 Å². The fraction of sp³-hybridized carbons (Fsp3) is 0.522. The molecule has 8 nitrogen and oxygen atoms in total. The second kappa shape index (κ2) is 12.7. The summed E-state index contributed by atoms with van der Waals surface area (Å²) in [4.78, 5) is 34.4. The lowest BCUT2D eigenvalue weighted by Crippen LogP contribution is -2.48. The highest BCUT2D eigenvalue weighted by atomic mass is 35.5. The lowest BCUT2D eigenvalue weighted by atomic mass is 10.0. The van der Waals surface area contributed by atoms with Crippen LogP contribution in [0.15, 0.2) is 12.1 Å². The van der Waals surface area contributed by atoms with Crippen molar-refractivity contribution >= 4 is 36.6 Å². The first-order valence-electron chi connectivity index (χ1n) is 11.7. The highest BCUT2D eigenvalue weighted by molar-refractivity contribution is 5.94. The van der Waals surface area contributed by atoms with Crippen molar-refractivity contribution in [2.45, 2.75) is 38.1 Å². The number of nitrogens with zero attached hydrogens (tertiary/aromatic N) is 5. The minimum Gasteiger partial charge on any atom is -0.335 e. The summed E-state index contributed by atoms with van der Waals surface area (Å²) < 4.78 is 82.5. The van der Waals surface area contributed by atoms with Gasteiger partial charge in [0, 0.05) is 57.8 Å². The first kappa shape index (κ1) is 32.7. The van der Waals surface area contributed by atoms with Gasteiger partial charge < -0.3 is 25.0 Å². The maximum atomic E-state index is 13.9. The molecule has 218 valence electrons. The van der Waals surface area contributed by atoms with Gasteiger partial charge in [-0.3, -0.25) is 9.59 Å². The van der Waals surface area contributed by atoms with Gasteiger partial charge >= 0.3 is 6.18 Å². The molecule has 0 bridgehead atoms. The van der Waals surface area contributed by atoms with Gasteiger partial charge in [-0.15, -0.1) is 24.8 Å². The minimum absolute atomic E-state index is 0. The van der Waals surface area contributed by atoms with Crippen molar-refractivity contribution in [1.29, 1.82) is 0 Å². The molecule has 0 unspecified atom stereocenters. The van der Waals surface area contributed by atoms with Crippen molar-refractivity contribution in [2.75, 3.05) is 39.8 Å². The Kier molecular flexibility index (Phi) is 10.7. The number of halogens is 8. The van der Waals surface area contributed by atoms with E-state index in [4.69, 9.17) is 5.73 Å². The largest absolute Gasteiger partial charge is 0.449 e. The number of amides is 2. The van der Waals surface area contributed by atoms with E-state index in [0.717, 1.165) is 4.57 Å². The van der Waals surface area contributed by atoms with Crippen LogP contribution in [0.3, 0.4) is 0 Å². The highest BCUT2D eigenvalue weighted by Crippen LogP contribution is 2.33. The zero-order valence-corrected chi connectivity index (χ0v) is 22.4. The lowest BCUT2D eigenvalue weighted by molar-refractivity contribution is -0.148. The van der Waals surface area contributed by atoms with Crippen LogP contribution in [0.1, 0.15) is 34.0 Å². The van der Waals surface area contributed by atoms with Gasteiger partial charge in [0.15, 0.2) is 17.3 Å². The molecule has 1 atom stereocenters. The number of alkyl halides is 3. The number of rotatable bonds is 5. The monoisotopic (exact) mass is 604 g/mol. The zero-order chi connectivity index (χ0) is 27.1. The molecule has 2 aromatic rings. The lowest BCUT2D eigenvalue weighted by Gasteiger charge is -2.33. The van der Waals surface area contributed by atoms with Crippen molar-refractivity contribution in [1.82, 2.24) is 24.3 Å². The second-order valence-electron chi connectivity index (χ2n) is 9.32. The van der Waals surface area contributed by atoms with Gasteiger partial charge in [-0.05, 0) is 25.1 Å². The molecule has 39 heavy (non-hydrogen) atoms. The fourth-order valence-corrected chi connectivity index (χ4v) is 4.56. The summed E-state index contributed by atoms with van der Waals surface area (Å²) in [6.07, 6.45) is -5.37. The Morgan fingerprint density at radius 2 is 1.54 bits per heavy atom. The molecule has 2 aliphatic heterocycles. The molecule has 2 amide bonds. The predicted octanol–water partition coefficient (Wildman–Crippen LogP) is 2.85. The van der Waals surface area contributed by atoms with Crippen molar-refractivity contribution < 1.29 is 35.9 Å². The number of imidazole rings is 1. The molecule has 1 fully saturated rings. The number of hydrogen-bond donors (Lipinski definition) is 1. The van der Waals surface area contributed by atoms with Crippen LogP contribution in [0.2, 0.25) is 0 Å². The molecular weight excluding hydrogens is 577 g/mol. The van der Waals surface area contributed by atoms with Crippen molar-refractivity contribution in [3.8, 4) is 0 Å². The second-order valence-corrected chi connectivity index (χ2v) is 9.32. The summed E-state index contributed by atoms with van der Waals surface area (Å²) >= 11 is 0. The standard InChI is InChI=1S/C23H26F6N6O2.2ClH/c1-32-2-4-33(5-3-32)21(37)20-18-12-34(6-7-35(18)22(31-20)23(27,28)29)19(36)10-14(30)8-13-9-16(25)17(26)11-15(13)24;;/h9,11,14H,2-8,10,12,30H2,1H3;2*1H/t14-;;/m1../s1. The summed E-state index contributed by atoms with van der Waals surface area (Å²) in [5.41, 5.74) is 5.39. The van der Waals surface area contributed by atoms with E-state index in [9.17, 15) is 35.9 Å². The average Bonchev–Trinajstić information content (AvgIpc) is 3.22. The number of likely N-dealkylation sites (N-methyl/N-ethyl adjacent to an activating group) is 1. The van der Waals surface area contributed by atoms with Crippen LogP contribution < -0.4 is 5.73 Å². The molecule has 0 spiro atoms. The number of nitrogens with two attached hydrogens (primary N) is 1. The Morgan fingerprint density at radius 3 is 2.15 bits per heavy atom. The van der Waals surface area contributed by atoms with Crippen LogP contribution in [-0.4, -0.2) is 81.9 Å². The maximum Gasteiger partial charge on any atom is 0.449 e. The van der Waals surface area contributed by atoms with Crippen LogP contribution in [0.5, 0.6) is 0 Å². The molecular formula is C23H28Cl2F6N6O2. The van der Waals surface area contributed by atoms with Gasteiger partial charge in [-0.1, -0.05) is 0 Å². The topological polar surface area (TPSA) is 87.7 Å². The van der Waals surface area contributed by atoms with Crippen molar-refractivity contribution in [3.05, 3.63) is 52.4 Å². The summed E-state index contributed by atoms with van der Waals surface area (Å²) in [6, 6.07) is 0.0989. The van der Waals surface area contributed by atoms with Gasteiger partial charge in [0.25, 0.3) is 5.91 Å². The van der Waals surface area contributed by atoms with E-state index in [1.54, 1.807) is 0 Å². The molecule has 2 N–H and O–H groups in total. The number of fused-ring (bicyclic) bond motifs is 1. The van der Waals surface area contributed by atoms with E-state index in [-0.39, 0.29) is 74.2 Å². The van der Waals surface area contributed by atoms with E-state index in [1.165, 1.54) is 9.80 Å². The number of aromatic nitrogens is 2. The number of hydrogen-bond acceptors (Lipinski definition) is 5. The van der Waals surface area contributed by atoms with E-state index in [0.29, 0.717) is 38.3 Å². The van der Waals surface area contributed by atoms with Gasteiger partial charge in [0.05, 0.1) is 12.2 Å². The Morgan fingerprint density at radius 1 is 0.949 bits per heavy atom. The molecule has 2 aliphatic rings. The van der Waals surface area contributed by atoms with Crippen LogP contribution in [0, 0.1) is 17.5 Å². The zero-order valence-electron chi connectivity index (χ0n) is 20.8. The first-order valence-corrected chi connectivity index (χ1v) is 11.7. The molecule has 0 radical (unpaired) electrons. The summed E-state index contributed by atoms with van der Waals surface area (Å²) in [5.74, 6) is -5.97. The van der Waals surface area contributed by atoms with E-state index < -0.39 is 47.3 Å². The van der Waals surface area contributed by atoms with Gasteiger partial charge in [0.2, 0.25) is 11.7 Å². The Labute approximate surface area is 232 Å². The van der Waals surface area contributed by atoms with Crippen LogP contribution in [0.25, 0.3) is 0 Å². The third kappa shape index (κ3) is 7.16. The molecule has 3 heterocycles. The third-order valence-electron chi connectivity index (χ3n) is 6.61. The number of benzene rings is 1. The van der Waals surface area contributed by atoms with Crippen LogP contribution >= 0.6 is 24.8 Å². The molecule has 16 heteroatoms. The Bertz CT molecular complexity index is 1200. The van der Waals surface area contributed by atoms with E-state index in [1.807, 2.05) is 11.9 Å². The van der Waals surface area contributed by atoms with Crippen molar-refractivity contribution in [3.63, 3.8) is 0 Å². The van der Waals surface area contributed by atoms with Crippen LogP contribution in [0.4, 0.5) is 26.3 Å². The summed E-state index contributed by atoms with van der Waals surface area (Å²) in [6.45, 7) is 1.20. The predicted molar refractivity (Wildman–Crippen MR) is 133 cm³/mol. The SMILES string of the molecule is CN1CCN(C(=O)c2nc(C(F)(F)F)n3c2CN(C(=O)C[C@H](N)Cc2cc(F)c(F)cc2F)CC3)CC1.Cl.Cl. The highest BCUT2D eigenvalue weighted by Gasteiger charge is 2.42. The van der Waals surface area contributed by atoms with E-state index >= 15 is 0 Å². The molecule has 0 saturated carbocycles. The number of carbonyl (C=O) groups is 2. The summed E-state index contributed by atoms with van der Waals surface area (Å²) in [5, 5.41) is 0.